The quantitative estimate of drug-likeness (QED) is 0.239. The number of amides is 1. The van der Waals surface area contributed by atoms with Crippen LogP contribution in [0.4, 0.5) is 29.1 Å². The average Bonchev–Trinajstić information content (AvgIpc) is 3.91. The molecule has 11 nitrogen and oxygen atoms in total. The maximum Gasteiger partial charge on any atom is 0.418 e. The third-order valence-corrected chi connectivity index (χ3v) is 11.0. The number of alkyl halides is 3. The minimum absolute atomic E-state index is 0.0174. The lowest BCUT2D eigenvalue weighted by Gasteiger charge is -2.31. The summed E-state index contributed by atoms with van der Waals surface area (Å²) in [6, 6.07) is 3.13. The van der Waals surface area contributed by atoms with Crippen LogP contribution in [0.25, 0.3) is 0 Å². The Balaban J connectivity index is 0.000000360. The maximum absolute atomic E-state index is 14.0. The van der Waals surface area contributed by atoms with Gasteiger partial charge >= 0.3 is 12.2 Å². The van der Waals surface area contributed by atoms with Crippen LogP contribution >= 0.6 is 11.6 Å². The van der Waals surface area contributed by atoms with Gasteiger partial charge in [0.05, 0.1) is 54.7 Å². The molecule has 0 radical (unpaired) electrons. The van der Waals surface area contributed by atoms with Crippen molar-refractivity contribution in [3.05, 3.63) is 68.4 Å². The number of nitrogen functional groups attached to an aromatic ring is 1. The summed E-state index contributed by atoms with van der Waals surface area (Å²) < 4.78 is 67.3. The number of anilines is 2. The molecule has 5 aliphatic rings. The van der Waals surface area contributed by atoms with Crippen LogP contribution in [0.15, 0.2) is 24.0 Å². The Labute approximate surface area is 304 Å². The number of aromatic nitrogens is 4. The van der Waals surface area contributed by atoms with Crippen molar-refractivity contribution in [3.63, 3.8) is 0 Å². The fraction of sp³-hybridized carbons (Fsp3) is 0.556. The van der Waals surface area contributed by atoms with E-state index in [0.717, 1.165) is 74.5 Å². The summed E-state index contributed by atoms with van der Waals surface area (Å²) in [6.45, 7) is 7.17. The molecule has 3 fully saturated rings. The van der Waals surface area contributed by atoms with Crippen LogP contribution in [0.2, 0.25) is 5.02 Å². The first kappa shape index (κ1) is 36.4. The molecule has 2 N–H and O–H groups in total. The Kier molecular flexibility index (Phi) is 10.4. The van der Waals surface area contributed by atoms with Crippen molar-refractivity contribution in [2.45, 2.75) is 89.9 Å². The fourth-order valence-electron chi connectivity index (χ4n) is 8.12. The molecule has 1 amide bonds. The van der Waals surface area contributed by atoms with Crippen molar-refractivity contribution in [2.75, 3.05) is 50.5 Å². The molecular weight excluding hydrogens is 704 g/mol. The second-order valence-corrected chi connectivity index (χ2v) is 14.5. The van der Waals surface area contributed by atoms with Gasteiger partial charge in [0, 0.05) is 62.0 Å². The van der Waals surface area contributed by atoms with Crippen molar-refractivity contribution in [3.8, 4) is 6.01 Å². The van der Waals surface area contributed by atoms with Gasteiger partial charge in [0.15, 0.2) is 5.69 Å². The standard InChI is InChI=1S/C28H31ClF3N7O3.C8H12FN/c1-15-21-13-38(8-5-9-39(21)36-24(15)26(40)37-6-3-4-7-37)25-18-14-42-22(12-20(18)34-27(35-25)41-2)17-10-16(33)11-19(29)23(17)28(30,31)32;9-5-7-4-8-2-1-3-10(8)6-7/h10-11,22H,3-9,12-14,33H2,1-2H3;5,8H,1-4,6H2/b;7-5-. The maximum atomic E-state index is 14.0. The zero-order valence-corrected chi connectivity index (χ0v) is 30.1. The number of nitrogens with two attached hydrogens (primary N) is 1. The van der Waals surface area contributed by atoms with Gasteiger partial charge in [0.1, 0.15) is 5.82 Å². The van der Waals surface area contributed by atoms with Gasteiger partial charge in [-0.05, 0) is 75.3 Å². The summed E-state index contributed by atoms with van der Waals surface area (Å²) in [7, 11) is 1.44. The first-order chi connectivity index (χ1) is 24.9. The minimum atomic E-state index is -4.69. The topological polar surface area (TPSA) is 115 Å². The number of halogens is 5. The highest BCUT2D eigenvalue weighted by Crippen LogP contribution is 2.44. The van der Waals surface area contributed by atoms with Gasteiger partial charge < -0.3 is 25.0 Å². The number of benzene rings is 1. The number of nitrogens with zero attached hydrogens (tertiary/aromatic N) is 7. The second-order valence-electron chi connectivity index (χ2n) is 14.1. The highest BCUT2D eigenvalue weighted by atomic mass is 35.5. The number of aryl methyl sites for hydroxylation is 1. The van der Waals surface area contributed by atoms with E-state index < -0.39 is 22.9 Å². The van der Waals surface area contributed by atoms with E-state index in [4.69, 9.17) is 31.9 Å². The molecule has 0 spiro atoms. The zero-order chi connectivity index (χ0) is 36.7. The van der Waals surface area contributed by atoms with Crippen LogP contribution in [0.5, 0.6) is 6.01 Å². The summed E-state index contributed by atoms with van der Waals surface area (Å²) in [6.07, 6.45) is 1.47. The van der Waals surface area contributed by atoms with Crippen molar-refractivity contribution in [1.29, 1.82) is 0 Å². The van der Waals surface area contributed by atoms with Gasteiger partial charge in [0.25, 0.3) is 5.91 Å². The summed E-state index contributed by atoms with van der Waals surface area (Å²) in [5.41, 5.74) is 9.30. The Morgan fingerprint density at radius 2 is 1.85 bits per heavy atom. The van der Waals surface area contributed by atoms with E-state index in [2.05, 4.69) is 19.8 Å². The number of likely N-dealkylation sites (tertiary alicyclic amines) is 1. The van der Waals surface area contributed by atoms with E-state index in [9.17, 15) is 22.4 Å². The molecule has 2 unspecified atom stereocenters. The predicted octanol–water partition coefficient (Wildman–Crippen LogP) is 6.41. The molecule has 2 aromatic heterocycles. The van der Waals surface area contributed by atoms with Gasteiger partial charge in [-0.1, -0.05) is 11.6 Å². The van der Waals surface area contributed by atoms with Gasteiger partial charge in [-0.25, -0.2) is 4.39 Å². The first-order valence-corrected chi connectivity index (χ1v) is 18.2. The van der Waals surface area contributed by atoms with Crippen molar-refractivity contribution < 1.29 is 31.8 Å². The lowest BCUT2D eigenvalue weighted by Crippen LogP contribution is -2.30. The van der Waals surface area contributed by atoms with Gasteiger partial charge in [-0.3, -0.25) is 14.4 Å². The lowest BCUT2D eigenvalue weighted by atomic mass is 9.94. The van der Waals surface area contributed by atoms with Gasteiger partial charge in [-0.2, -0.15) is 28.2 Å². The van der Waals surface area contributed by atoms with E-state index in [-0.39, 0.29) is 36.2 Å². The van der Waals surface area contributed by atoms with E-state index in [0.29, 0.717) is 48.4 Å². The van der Waals surface area contributed by atoms with E-state index >= 15 is 0 Å². The van der Waals surface area contributed by atoms with Crippen molar-refractivity contribution in [2.24, 2.45) is 0 Å². The molecule has 3 aromatic rings. The largest absolute Gasteiger partial charge is 0.467 e. The van der Waals surface area contributed by atoms with Gasteiger partial charge in [0.2, 0.25) is 0 Å². The number of carbonyl (C=O) groups is 1. The normalized spacial score (nSPS) is 22.5. The average molecular weight is 747 g/mol. The molecule has 5 aliphatic heterocycles. The summed E-state index contributed by atoms with van der Waals surface area (Å²) >= 11 is 6.00. The molecule has 0 aliphatic carbocycles. The number of ether oxygens (including phenoxy) is 2. The summed E-state index contributed by atoms with van der Waals surface area (Å²) in [5, 5.41) is 4.21. The third kappa shape index (κ3) is 7.19. The molecule has 7 heterocycles. The minimum Gasteiger partial charge on any atom is -0.467 e. The molecule has 52 heavy (non-hydrogen) atoms. The zero-order valence-electron chi connectivity index (χ0n) is 29.3. The highest BCUT2D eigenvalue weighted by molar-refractivity contribution is 6.31. The number of hydrogen-bond acceptors (Lipinski definition) is 9. The fourth-order valence-corrected chi connectivity index (χ4v) is 8.47. The van der Waals surface area contributed by atoms with E-state index in [1.54, 1.807) is 0 Å². The number of hydrogen-bond donors (Lipinski definition) is 1. The molecule has 8 rings (SSSR count). The highest BCUT2D eigenvalue weighted by Gasteiger charge is 2.40. The molecule has 0 bridgehead atoms. The lowest BCUT2D eigenvalue weighted by molar-refractivity contribution is -0.139. The van der Waals surface area contributed by atoms with Crippen LogP contribution in [0.3, 0.4) is 0 Å². The summed E-state index contributed by atoms with van der Waals surface area (Å²) in [4.78, 5) is 28.6. The molecule has 280 valence electrons. The van der Waals surface area contributed by atoms with Crippen LogP contribution in [-0.2, 0) is 37.0 Å². The van der Waals surface area contributed by atoms with E-state index in [1.807, 2.05) is 16.5 Å². The van der Waals surface area contributed by atoms with E-state index in [1.165, 1.54) is 32.6 Å². The molecule has 16 heteroatoms. The monoisotopic (exact) mass is 746 g/mol. The first-order valence-electron chi connectivity index (χ1n) is 17.8. The third-order valence-electron chi connectivity index (χ3n) is 10.7. The van der Waals surface area contributed by atoms with Crippen molar-refractivity contribution >= 4 is 29.0 Å². The van der Waals surface area contributed by atoms with Crippen LogP contribution in [0.1, 0.15) is 88.8 Å². The second kappa shape index (κ2) is 14.8. The van der Waals surface area contributed by atoms with Crippen LogP contribution in [0, 0.1) is 6.92 Å². The number of carbonyl (C=O) groups excluding carboxylic acids is 1. The van der Waals surface area contributed by atoms with Crippen LogP contribution < -0.4 is 15.4 Å². The molecular formula is C36H43ClF4N8O3. The molecule has 0 saturated carbocycles. The number of rotatable bonds is 4. The molecule has 2 atom stereocenters. The predicted molar refractivity (Wildman–Crippen MR) is 187 cm³/mol. The van der Waals surface area contributed by atoms with Crippen molar-refractivity contribution in [1.82, 2.24) is 29.5 Å². The molecule has 3 saturated heterocycles. The Bertz CT molecular complexity index is 1850. The van der Waals surface area contributed by atoms with Crippen LogP contribution in [-0.4, -0.2) is 81.3 Å². The Morgan fingerprint density at radius 1 is 1.06 bits per heavy atom. The SMILES string of the molecule is COc1nc2c(c(N3CCCn4nc(C(=O)N5CCCC5)c(C)c4C3)n1)COC(c1cc(N)cc(Cl)c1C(F)(F)F)C2.F/C=C1/CC2CCCN2C1. The molecule has 1 aromatic carbocycles. The summed E-state index contributed by atoms with van der Waals surface area (Å²) in [5.74, 6) is 0.538. The van der Waals surface area contributed by atoms with Gasteiger partial charge in [-0.15, -0.1) is 0 Å². The number of methoxy groups -OCH3 is 1. The Hall–Kier alpha value is -3.95. The number of fused-ring (bicyclic) bond motifs is 3. The smallest absolute Gasteiger partial charge is 0.418 e. The Morgan fingerprint density at radius 3 is 2.56 bits per heavy atom.